The van der Waals surface area contributed by atoms with Gasteiger partial charge in [-0.15, -0.1) is 0 Å². The van der Waals surface area contributed by atoms with E-state index in [-0.39, 0.29) is 5.69 Å². The molecule has 1 heterocycles. The lowest BCUT2D eigenvalue weighted by atomic mass is 9.81. The molecular formula is C16H22N4O. The highest BCUT2D eigenvalue weighted by atomic mass is 16.1. The van der Waals surface area contributed by atoms with Crippen LogP contribution in [0.1, 0.15) is 43.0 Å². The van der Waals surface area contributed by atoms with Gasteiger partial charge >= 0.3 is 5.69 Å². The first kappa shape index (κ1) is 14.1. The van der Waals surface area contributed by atoms with Crippen LogP contribution in [0.2, 0.25) is 0 Å². The highest BCUT2D eigenvalue weighted by Crippen LogP contribution is 2.34. The van der Waals surface area contributed by atoms with Crippen LogP contribution in [0.25, 0.3) is 0 Å². The van der Waals surface area contributed by atoms with Crippen molar-refractivity contribution >= 4 is 0 Å². The van der Waals surface area contributed by atoms with E-state index in [4.69, 9.17) is 5.73 Å². The summed E-state index contributed by atoms with van der Waals surface area (Å²) in [5.74, 6) is 1.91. The zero-order chi connectivity index (χ0) is 14.7. The van der Waals surface area contributed by atoms with Crippen molar-refractivity contribution in [2.24, 2.45) is 11.7 Å². The smallest absolute Gasteiger partial charge is 0.330 e. The van der Waals surface area contributed by atoms with Gasteiger partial charge in [0, 0.05) is 5.92 Å². The highest BCUT2D eigenvalue weighted by Gasteiger charge is 2.25. The van der Waals surface area contributed by atoms with Crippen LogP contribution in [0.4, 0.5) is 0 Å². The summed E-state index contributed by atoms with van der Waals surface area (Å²) in [4.78, 5) is 12.0. The molecule has 0 unspecified atom stereocenters. The standard InChI is InChI=1S/C16H22N4O/c17-10-12-6-8-14(9-7-12)15-18-19-16(21)20(15)11-13-4-2-1-3-5-13/h1-5,12,14H,6-11,17H2,(H,19,21). The first-order valence-corrected chi connectivity index (χ1v) is 7.67. The first-order valence-electron chi connectivity index (χ1n) is 7.67. The topological polar surface area (TPSA) is 76.7 Å². The summed E-state index contributed by atoms with van der Waals surface area (Å²) >= 11 is 0. The van der Waals surface area contributed by atoms with Crippen molar-refractivity contribution in [1.29, 1.82) is 0 Å². The van der Waals surface area contributed by atoms with E-state index in [0.717, 1.165) is 43.6 Å². The molecule has 1 aliphatic carbocycles. The van der Waals surface area contributed by atoms with Gasteiger partial charge in [-0.2, -0.15) is 5.10 Å². The van der Waals surface area contributed by atoms with Gasteiger partial charge in [0.2, 0.25) is 0 Å². The molecule has 112 valence electrons. The Balaban J connectivity index is 1.79. The average Bonchev–Trinajstić information content (AvgIpc) is 2.90. The number of aromatic amines is 1. The van der Waals surface area contributed by atoms with Crippen molar-refractivity contribution in [2.75, 3.05) is 6.54 Å². The van der Waals surface area contributed by atoms with Crippen molar-refractivity contribution in [3.63, 3.8) is 0 Å². The molecule has 1 aromatic heterocycles. The molecule has 1 fully saturated rings. The zero-order valence-electron chi connectivity index (χ0n) is 12.2. The van der Waals surface area contributed by atoms with E-state index in [1.165, 1.54) is 0 Å². The predicted octanol–water partition coefficient (Wildman–Crippen LogP) is 1.85. The number of H-pyrrole nitrogens is 1. The van der Waals surface area contributed by atoms with E-state index < -0.39 is 0 Å². The number of hydrogen-bond donors (Lipinski definition) is 2. The van der Waals surface area contributed by atoms with Gasteiger partial charge in [0.1, 0.15) is 5.82 Å². The largest absolute Gasteiger partial charge is 0.343 e. The highest BCUT2D eigenvalue weighted by molar-refractivity contribution is 5.16. The number of nitrogens with one attached hydrogen (secondary N) is 1. The van der Waals surface area contributed by atoms with Crippen LogP contribution in [0.15, 0.2) is 35.1 Å². The van der Waals surface area contributed by atoms with E-state index in [2.05, 4.69) is 10.2 Å². The van der Waals surface area contributed by atoms with E-state index in [1.54, 1.807) is 4.57 Å². The van der Waals surface area contributed by atoms with Crippen molar-refractivity contribution in [2.45, 2.75) is 38.1 Å². The van der Waals surface area contributed by atoms with Crippen molar-refractivity contribution < 1.29 is 0 Å². The third kappa shape index (κ3) is 3.08. The summed E-state index contributed by atoms with van der Waals surface area (Å²) in [7, 11) is 0. The molecule has 21 heavy (non-hydrogen) atoms. The van der Waals surface area contributed by atoms with Crippen LogP contribution >= 0.6 is 0 Å². The van der Waals surface area contributed by atoms with Gasteiger partial charge in [-0.05, 0) is 43.7 Å². The van der Waals surface area contributed by atoms with Gasteiger partial charge in [-0.1, -0.05) is 30.3 Å². The monoisotopic (exact) mass is 286 g/mol. The fourth-order valence-electron chi connectivity index (χ4n) is 3.22. The Morgan fingerprint density at radius 1 is 1.19 bits per heavy atom. The Kier molecular flexibility index (Phi) is 4.20. The maximum Gasteiger partial charge on any atom is 0.343 e. The minimum Gasteiger partial charge on any atom is -0.330 e. The molecule has 0 amide bonds. The summed E-state index contributed by atoms with van der Waals surface area (Å²) in [6, 6.07) is 10.0. The number of aromatic nitrogens is 3. The zero-order valence-corrected chi connectivity index (χ0v) is 12.2. The Morgan fingerprint density at radius 3 is 2.57 bits per heavy atom. The number of nitrogens with two attached hydrogens (primary N) is 1. The van der Waals surface area contributed by atoms with E-state index in [9.17, 15) is 4.79 Å². The molecular weight excluding hydrogens is 264 g/mol. The lowest BCUT2D eigenvalue weighted by Gasteiger charge is -2.27. The van der Waals surface area contributed by atoms with Crippen molar-refractivity contribution in [3.05, 3.63) is 52.2 Å². The second-order valence-corrected chi connectivity index (χ2v) is 5.91. The molecule has 0 radical (unpaired) electrons. The first-order chi connectivity index (χ1) is 10.3. The normalized spacial score (nSPS) is 22.3. The summed E-state index contributed by atoms with van der Waals surface area (Å²) < 4.78 is 1.78. The van der Waals surface area contributed by atoms with Crippen LogP contribution in [0, 0.1) is 5.92 Å². The number of nitrogens with zero attached hydrogens (tertiary/aromatic N) is 2. The molecule has 0 saturated heterocycles. The fraction of sp³-hybridized carbons (Fsp3) is 0.500. The minimum atomic E-state index is -0.116. The molecule has 0 bridgehead atoms. The van der Waals surface area contributed by atoms with Crippen molar-refractivity contribution in [3.8, 4) is 0 Å². The molecule has 5 nitrogen and oxygen atoms in total. The van der Waals surface area contributed by atoms with E-state index in [0.29, 0.717) is 18.4 Å². The molecule has 0 spiro atoms. The van der Waals surface area contributed by atoms with Crippen LogP contribution < -0.4 is 11.4 Å². The van der Waals surface area contributed by atoms with Gasteiger partial charge in [0.05, 0.1) is 6.54 Å². The Morgan fingerprint density at radius 2 is 1.90 bits per heavy atom. The third-order valence-corrected chi connectivity index (χ3v) is 4.52. The Bertz CT molecular complexity index is 623. The van der Waals surface area contributed by atoms with Gasteiger partial charge in [0.25, 0.3) is 0 Å². The predicted molar refractivity (Wildman–Crippen MR) is 82.1 cm³/mol. The molecule has 1 saturated carbocycles. The summed E-state index contributed by atoms with van der Waals surface area (Å²) in [5, 5.41) is 6.89. The maximum atomic E-state index is 12.0. The molecule has 3 N–H and O–H groups in total. The SMILES string of the molecule is NCC1CCC(c2n[nH]c(=O)n2Cc2ccccc2)CC1. The molecule has 0 atom stereocenters. The van der Waals surface area contributed by atoms with Crippen molar-refractivity contribution in [1.82, 2.24) is 14.8 Å². The third-order valence-electron chi connectivity index (χ3n) is 4.52. The molecule has 2 aromatic rings. The van der Waals surface area contributed by atoms with Crippen LogP contribution in [-0.2, 0) is 6.54 Å². The molecule has 0 aliphatic heterocycles. The van der Waals surface area contributed by atoms with Gasteiger partial charge in [-0.3, -0.25) is 4.57 Å². The summed E-state index contributed by atoms with van der Waals surface area (Å²) in [6.07, 6.45) is 4.41. The van der Waals surface area contributed by atoms with Gasteiger partial charge in [0.15, 0.2) is 0 Å². The van der Waals surface area contributed by atoms with Crippen LogP contribution in [0.3, 0.4) is 0 Å². The van der Waals surface area contributed by atoms with E-state index in [1.807, 2.05) is 30.3 Å². The Hall–Kier alpha value is -1.88. The number of hydrogen-bond acceptors (Lipinski definition) is 3. The maximum absolute atomic E-state index is 12.0. The number of rotatable bonds is 4. The average molecular weight is 286 g/mol. The summed E-state index contributed by atoms with van der Waals surface area (Å²) in [5.41, 5.74) is 6.75. The van der Waals surface area contributed by atoms with Gasteiger partial charge in [-0.25, -0.2) is 9.89 Å². The Labute approximate surface area is 124 Å². The van der Waals surface area contributed by atoms with E-state index >= 15 is 0 Å². The number of benzene rings is 1. The quantitative estimate of drug-likeness (QED) is 0.900. The second kappa shape index (κ2) is 6.26. The lowest BCUT2D eigenvalue weighted by Crippen LogP contribution is -2.25. The molecule has 5 heteroatoms. The molecule has 3 rings (SSSR count). The van der Waals surface area contributed by atoms with Gasteiger partial charge < -0.3 is 5.73 Å². The minimum absolute atomic E-state index is 0.116. The molecule has 1 aromatic carbocycles. The van der Waals surface area contributed by atoms with Crippen LogP contribution in [0.5, 0.6) is 0 Å². The fourth-order valence-corrected chi connectivity index (χ4v) is 3.22. The second-order valence-electron chi connectivity index (χ2n) is 5.91. The van der Waals surface area contributed by atoms with Crippen LogP contribution in [-0.4, -0.2) is 21.3 Å². The summed E-state index contributed by atoms with van der Waals surface area (Å²) in [6.45, 7) is 1.35. The molecule has 1 aliphatic rings. The lowest BCUT2D eigenvalue weighted by molar-refractivity contribution is 0.320.